The molecule has 6 nitrogen and oxygen atoms in total. The van der Waals surface area contributed by atoms with E-state index in [0.717, 1.165) is 0 Å². The highest BCUT2D eigenvalue weighted by atomic mass is 16.7. The van der Waals surface area contributed by atoms with E-state index in [9.17, 15) is 4.79 Å². The van der Waals surface area contributed by atoms with Gasteiger partial charge >= 0.3 is 5.97 Å². The van der Waals surface area contributed by atoms with E-state index in [-0.39, 0.29) is 12.6 Å². The fraction of sp³-hybridized carbons (Fsp3) is 0.909. The third-order valence-corrected chi connectivity index (χ3v) is 1.84. The summed E-state index contributed by atoms with van der Waals surface area (Å²) in [6.45, 7) is 3.52. The summed E-state index contributed by atoms with van der Waals surface area (Å²) in [7, 11) is 3.20. The minimum Gasteiger partial charge on any atom is -0.466 e. The van der Waals surface area contributed by atoms with Gasteiger partial charge < -0.3 is 23.7 Å². The quantitative estimate of drug-likeness (QED) is 0.304. The Labute approximate surface area is 102 Å². The zero-order chi connectivity index (χ0) is 12.9. The van der Waals surface area contributed by atoms with Crippen molar-refractivity contribution in [1.29, 1.82) is 0 Å². The summed E-state index contributed by atoms with van der Waals surface area (Å²) >= 11 is 0. The first-order valence-electron chi connectivity index (χ1n) is 5.55. The molecule has 102 valence electrons. The van der Waals surface area contributed by atoms with Crippen LogP contribution in [0.5, 0.6) is 0 Å². The van der Waals surface area contributed by atoms with Gasteiger partial charge in [-0.15, -0.1) is 0 Å². The molecule has 0 saturated heterocycles. The van der Waals surface area contributed by atoms with Crippen molar-refractivity contribution in [2.24, 2.45) is 0 Å². The van der Waals surface area contributed by atoms with E-state index in [0.29, 0.717) is 32.8 Å². The van der Waals surface area contributed by atoms with Crippen LogP contribution in [0.1, 0.15) is 13.3 Å². The lowest BCUT2D eigenvalue weighted by molar-refractivity contribution is -0.167. The summed E-state index contributed by atoms with van der Waals surface area (Å²) in [6, 6.07) is 0. The van der Waals surface area contributed by atoms with Crippen LogP contribution in [0.4, 0.5) is 0 Å². The van der Waals surface area contributed by atoms with Crippen LogP contribution in [0, 0.1) is 0 Å². The molecular formula is C11H22O6. The van der Waals surface area contributed by atoms with Crippen LogP contribution >= 0.6 is 0 Å². The van der Waals surface area contributed by atoms with E-state index in [1.165, 1.54) is 6.92 Å². The molecule has 0 unspecified atom stereocenters. The lowest BCUT2D eigenvalue weighted by Crippen LogP contribution is -2.23. The van der Waals surface area contributed by atoms with E-state index >= 15 is 0 Å². The minimum absolute atomic E-state index is 0.278. The first-order valence-corrected chi connectivity index (χ1v) is 5.55. The molecule has 17 heavy (non-hydrogen) atoms. The van der Waals surface area contributed by atoms with E-state index in [2.05, 4.69) is 0 Å². The predicted octanol–water partition coefficient (Wildman–Crippen LogP) is 0.592. The van der Waals surface area contributed by atoms with Crippen molar-refractivity contribution < 1.29 is 28.5 Å². The van der Waals surface area contributed by atoms with Crippen molar-refractivity contribution in [1.82, 2.24) is 0 Å². The second kappa shape index (κ2) is 11.8. The molecule has 0 aromatic rings. The average molecular weight is 250 g/mol. The van der Waals surface area contributed by atoms with Crippen LogP contribution in [0.15, 0.2) is 0 Å². The van der Waals surface area contributed by atoms with E-state index in [1.54, 1.807) is 14.2 Å². The zero-order valence-corrected chi connectivity index (χ0v) is 10.8. The molecule has 0 aromatic heterocycles. The Balaban J connectivity index is 3.71. The molecule has 0 radical (unpaired) electrons. The van der Waals surface area contributed by atoms with Crippen molar-refractivity contribution in [3.05, 3.63) is 0 Å². The monoisotopic (exact) mass is 250 g/mol. The van der Waals surface area contributed by atoms with Crippen LogP contribution in [-0.4, -0.2) is 59.5 Å². The molecule has 6 heteroatoms. The number of rotatable bonds is 11. The summed E-state index contributed by atoms with van der Waals surface area (Å²) < 4.78 is 25.4. The van der Waals surface area contributed by atoms with Crippen LogP contribution in [0.2, 0.25) is 0 Å². The first-order chi connectivity index (χ1) is 8.20. The Hall–Kier alpha value is -0.690. The third-order valence-electron chi connectivity index (χ3n) is 1.84. The van der Waals surface area contributed by atoms with Gasteiger partial charge in [-0.05, 0) is 0 Å². The Kier molecular flexibility index (Phi) is 11.3. The van der Waals surface area contributed by atoms with Gasteiger partial charge in [-0.1, -0.05) is 0 Å². The molecule has 0 aliphatic rings. The van der Waals surface area contributed by atoms with Crippen molar-refractivity contribution in [2.75, 3.05) is 47.3 Å². The van der Waals surface area contributed by atoms with Crippen LogP contribution in [0.25, 0.3) is 0 Å². The largest absolute Gasteiger partial charge is 0.466 e. The number of hydrogen-bond acceptors (Lipinski definition) is 6. The van der Waals surface area contributed by atoms with Crippen molar-refractivity contribution in [3.8, 4) is 0 Å². The summed E-state index contributed by atoms with van der Waals surface area (Å²) in [5, 5.41) is 0. The molecule has 0 rings (SSSR count). The summed E-state index contributed by atoms with van der Waals surface area (Å²) in [5.74, 6) is -0.308. The van der Waals surface area contributed by atoms with Crippen molar-refractivity contribution in [2.45, 2.75) is 19.6 Å². The number of ether oxygens (including phenoxy) is 5. The van der Waals surface area contributed by atoms with E-state index in [4.69, 9.17) is 23.7 Å². The smallest absolute Gasteiger partial charge is 0.302 e. The van der Waals surface area contributed by atoms with Gasteiger partial charge in [0, 0.05) is 27.6 Å². The van der Waals surface area contributed by atoms with Gasteiger partial charge in [0.1, 0.15) is 0 Å². The molecular weight excluding hydrogens is 228 g/mol. The molecule has 0 amide bonds. The molecule has 0 aliphatic carbocycles. The number of methoxy groups -OCH3 is 2. The van der Waals surface area contributed by atoms with Crippen LogP contribution in [0.3, 0.4) is 0 Å². The van der Waals surface area contributed by atoms with Gasteiger partial charge in [0.25, 0.3) is 0 Å². The second-order valence-corrected chi connectivity index (χ2v) is 3.29. The van der Waals surface area contributed by atoms with Crippen LogP contribution < -0.4 is 0 Å². The first kappa shape index (κ1) is 16.3. The van der Waals surface area contributed by atoms with Gasteiger partial charge in [-0.2, -0.15) is 0 Å². The maximum Gasteiger partial charge on any atom is 0.302 e. The normalized spacial score (nSPS) is 10.8. The maximum atomic E-state index is 10.6. The molecule has 0 N–H and O–H groups in total. The fourth-order valence-corrected chi connectivity index (χ4v) is 1.04. The number of hydrogen-bond donors (Lipinski definition) is 0. The molecule has 0 saturated carbocycles. The minimum atomic E-state index is -0.403. The number of carbonyl (C=O) groups excluding carboxylic acids is 1. The molecule has 0 spiro atoms. The number of esters is 1. The Morgan fingerprint density at radius 2 is 1.47 bits per heavy atom. The van der Waals surface area contributed by atoms with E-state index < -0.39 is 6.29 Å². The van der Waals surface area contributed by atoms with Gasteiger partial charge in [0.05, 0.1) is 33.0 Å². The highest BCUT2D eigenvalue weighted by Crippen LogP contribution is 2.02. The Morgan fingerprint density at radius 3 is 1.88 bits per heavy atom. The van der Waals surface area contributed by atoms with Crippen molar-refractivity contribution >= 4 is 5.97 Å². The maximum absolute atomic E-state index is 10.6. The molecule has 0 aromatic carbocycles. The number of carbonyl (C=O) groups is 1. The van der Waals surface area contributed by atoms with Gasteiger partial charge in [0.2, 0.25) is 0 Å². The standard InChI is InChI=1S/C11H22O6/c1-10(12)15-5-4-11(16-8-6-13-2)17-9-7-14-3/h11H,4-9H2,1-3H3. The molecule has 0 fully saturated rings. The Morgan fingerprint density at radius 1 is 0.941 bits per heavy atom. The van der Waals surface area contributed by atoms with Crippen molar-refractivity contribution in [3.63, 3.8) is 0 Å². The molecule has 0 bridgehead atoms. The summed E-state index contributed by atoms with van der Waals surface area (Å²) in [4.78, 5) is 10.6. The lowest BCUT2D eigenvalue weighted by atomic mass is 10.4. The highest BCUT2D eigenvalue weighted by molar-refractivity contribution is 5.65. The second-order valence-electron chi connectivity index (χ2n) is 3.29. The third kappa shape index (κ3) is 11.6. The SMILES string of the molecule is COCCOC(CCOC(C)=O)OCCOC. The zero-order valence-electron chi connectivity index (χ0n) is 10.8. The van der Waals surface area contributed by atoms with E-state index in [1.807, 2.05) is 0 Å². The Bertz CT molecular complexity index is 175. The van der Waals surface area contributed by atoms with Gasteiger partial charge in [-0.25, -0.2) is 0 Å². The summed E-state index contributed by atoms with van der Waals surface area (Å²) in [6.07, 6.45) is 0.0900. The van der Waals surface area contributed by atoms with Gasteiger partial charge in [0.15, 0.2) is 6.29 Å². The lowest BCUT2D eigenvalue weighted by Gasteiger charge is -2.18. The topological polar surface area (TPSA) is 63.2 Å². The molecule has 0 heterocycles. The molecule has 0 aliphatic heterocycles. The molecule has 0 atom stereocenters. The van der Waals surface area contributed by atoms with Crippen LogP contribution in [-0.2, 0) is 28.5 Å². The average Bonchev–Trinajstić information content (AvgIpc) is 2.28. The van der Waals surface area contributed by atoms with Gasteiger partial charge in [-0.3, -0.25) is 4.79 Å². The summed E-state index contributed by atoms with van der Waals surface area (Å²) in [5.41, 5.74) is 0. The fourth-order valence-electron chi connectivity index (χ4n) is 1.04. The highest BCUT2D eigenvalue weighted by Gasteiger charge is 2.10. The predicted molar refractivity (Wildman–Crippen MR) is 60.7 cm³/mol.